The summed E-state index contributed by atoms with van der Waals surface area (Å²) in [7, 11) is -2.16. The Morgan fingerprint density at radius 3 is 2.41 bits per heavy atom. The molecule has 0 aliphatic carbocycles. The third-order valence-corrected chi connectivity index (χ3v) is 5.87. The van der Waals surface area contributed by atoms with Crippen LogP contribution >= 0.6 is 0 Å². The maximum Gasteiger partial charge on any atom is 0.266 e. The SMILES string of the molecule is COc1ccc(NC(=O)C(C#N)=Cc2ccc(CNS(=O)(=O)c3ccc(C)cc3)o2)cc1. The van der Waals surface area contributed by atoms with Crippen LogP contribution in [0.5, 0.6) is 5.75 Å². The topological polar surface area (TPSA) is 121 Å². The molecule has 0 radical (unpaired) electrons. The quantitative estimate of drug-likeness (QED) is 0.398. The van der Waals surface area contributed by atoms with Crippen LogP contribution in [0.2, 0.25) is 0 Å². The number of benzene rings is 2. The van der Waals surface area contributed by atoms with E-state index >= 15 is 0 Å². The Kier molecular flexibility index (Phi) is 7.10. The van der Waals surface area contributed by atoms with Gasteiger partial charge in [-0.3, -0.25) is 4.79 Å². The Morgan fingerprint density at radius 2 is 1.78 bits per heavy atom. The fraction of sp³-hybridized carbons (Fsp3) is 0.130. The summed E-state index contributed by atoms with van der Waals surface area (Å²) >= 11 is 0. The number of nitrogens with zero attached hydrogens (tertiary/aromatic N) is 1. The van der Waals surface area contributed by atoms with Gasteiger partial charge in [0.2, 0.25) is 10.0 Å². The first-order chi connectivity index (χ1) is 15.3. The van der Waals surface area contributed by atoms with Gasteiger partial charge in [0.05, 0.1) is 18.6 Å². The monoisotopic (exact) mass is 451 g/mol. The third-order valence-electron chi connectivity index (χ3n) is 4.45. The highest BCUT2D eigenvalue weighted by Gasteiger charge is 2.15. The van der Waals surface area contributed by atoms with Crippen molar-refractivity contribution < 1.29 is 22.4 Å². The van der Waals surface area contributed by atoms with Gasteiger partial charge in [-0.05, 0) is 55.5 Å². The first-order valence-corrected chi connectivity index (χ1v) is 11.0. The van der Waals surface area contributed by atoms with Crippen molar-refractivity contribution in [3.8, 4) is 11.8 Å². The molecule has 1 amide bonds. The van der Waals surface area contributed by atoms with Gasteiger partial charge >= 0.3 is 0 Å². The summed E-state index contributed by atoms with van der Waals surface area (Å²) in [6.45, 7) is 1.79. The summed E-state index contributed by atoms with van der Waals surface area (Å²) < 4.78 is 37.8. The maximum absolute atomic E-state index is 12.4. The first-order valence-electron chi connectivity index (χ1n) is 9.53. The Morgan fingerprint density at radius 1 is 1.09 bits per heavy atom. The molecule has 0 fully saturated rings. The van der Waals surface area contributed by atoms with Crippen LogP contribution in [0.4, 0.5) is 5.69 Å². The lowest BCUT2D eigenvalue weighted by molar-refractivity contribution is -0.112. The van der Waals surface area contributed by atoms with E-state index in [1.807, 2.05) is 13.0 Å². The Bertz CT molecular complexity index is 1270. The van der Waals surface area contributed by atoms with Gasteiger partial charge in [-0.1, -0.05) is 17.7 Å². The van der Waals surface area contributed by atoms with Crippen molar-refractivity contribution in [3.05, 3.63) is 83.3 Å². The van der Waals surface area contributed by atoms with Crippen molar-refractivity contribution >= 4 is 27.7 Å². The molecule has 0 saturated carbocycles. The summed E-state index contributed by atoms with van der Waals surface area (Å²) in [6.07, 6.45) is 1.29. The summed E-state index contributed by atoms with van der Waals surface area (Å²) in [5.41, 5.74) is 1.29. The largest absolute Gasteiger partial charge is 0.497 e. The van der Waals surface area contributed by atoms with Crippen LogP contribution in [0.3, 0.4) is 0 Å². The van der Waals surface area contributed by atoms with Crippen LogP contribution < -0.4 is 14.8 Å². The molecule has 9 heteroatoms. The van der Waals surface area contributed by atoms with E-state index in [9.17, 15) is 18.5 Å². The van der Waals surface area contributed by atoms with Gasteiger partial charge in [-0.2, -0.15) is 5.26 Å². The van der Waals surface area contributed by atoms with Crippen LogP contribution in [0, 0.1) is 18.3 Å². The minimum atomic E-state index is -3.70. The maximum atomic E-state index is 12.4. The molecule has 3 rings (SSSR count). The van der Waals surface area contributed by atoms with E-state index < -0.39 is 15.9 Å². The van der Waals surface area contributed by atoms with E-state index in [4.69, 9.17) is 9.15 Å². The smallest absolute Gasteiger partial charge is 0.266 e. The lowest BCUT2D eigenvalue weighted by Gasteiger charge is -2.06. The number of furan rings is 1. The number of nitrogens with one attached hydrogen (secondary N) is 2. The summed E-state index contributed by atoms with van der Waals surface area (Å²) in [4.78, 5) is 12.5. The van der Waals surface area contributed by atoms with Crippen molar-refractivity contribution in [3.63, 3.8) is 0 Å². The van der Waals surface area contributed by atoms with E-state index in [0.717, 1.165) is 5.56 Å². The molecular formula is C23H21N3O5S. The minimum Gasteiger partial charge on any atom is -0.497 e. The van der Waals surface area contributed by atoms with Gasteiger partial charge < -0.3 is 14.5 Å². The summed E-state index contributed by atoms with van der Waals surface area (Å²) in [5, 5.41) is 12.0. The van der Waals surface area contributed by atoms with E-state index in [0.29, 0.717) is 17.2 Å². The van der Waals surface area contributed by atoms with Crippen LogP contribution in [0.1, 0.15) is 17.1 Å². The van der Waals surface area contributed by atoms with Crippen LogP contribution in [-0.4, -0.2) is 21.4 Å². The van der Waals surface area contributed by atoms with E-state index in [1.54, 1.807) is 48.5 Å². The first kappa shape index (κ1) is 22.8. The number of aryl methyl sites for hydroxylation is 1. The lowest BCUT2D eigenvalue weighted by Crippen LogP contribution is -2.22. The molecule has 2 N–H and O–H groups in total. The molecular weight excluding hydrogens is 430 g/mol. The second kappa shape index (κ2) is 9.96. The second-order valence-corrected chi connectivity index (χ2v) is 8.56. The molecule has 0 aliphatic heterocycles. The Hall–Kier alpha value is -3.87. The molecule has 0 unspecified atom stereocenters. The Labute approximate surface area is 186 Å². The van der Waals surface area contributed by atoms with Crippen LogP contribution in [-0.2, 0) is 21.4 Å². The number of nitriles is 1. The number of rotatable bonds is 8. The summed E-state index contributed by atoms with van der Waals surface area (Å²) in [6, 6.07) is 18.1. The van der Waals surface area contributed by atoms with E-state index in [2.05, 4.69) is 10.0 Å². The van der Waals surface area contributed by atoms with Gasteiger partial charge in [-0.15, -0.1) is 0 Å². The molecule has 1 heterocycles. The second-order valence-electron chi connectivity index (χ2n) is 6.79. The number of sulfonamides is 1. The van der Waals surface area contributed by atoms with Crippen molar-refractivity contribution in [1.29, 1.82) is 5.26 Å². The number of hydrogen-bond acceptors (Lipinski definition) is 6. The van der Waals surface area contributed by atoms with E-state index in [-0.39, 0.29) is 22.8 Å². The van der Waals surface area contributed by atoms with Gasteiger partial charge in [0.25, 0.3) is 5.91 Å². The number of amides is 1. The zero-order valence-corrected chi connectivity index (χ0v) is 18.3. The van der Waals surface area contributed by atoms with E-state index in [1.165, 1.54) is 25.3 Å². The van der Waals surface area contributed by atoms with Gasteiger partial charge in [0.1, 0.15) is 28.9 Å². The normalized spacial score (nSPS) is 11.6. The fourth-order valence-corrected chi connectivity index (χ4v) is 3.69. The lowest BCUT2D eigenvalue weighted by atomic mass is 10.2. The molecule has 32 heavy (non-hydrogen) atoms. The molecule has 0 spiro atoms. The molecule has 0 aliphatic rings. The predicted octanol–water partition coefficient (Wildman–Crippen LogP) is 3.62. The highest BCUT2D eigenvalue weighted by Crippen LogP contribution is 2.18. The van der Waals surface area contributed by atoms with Gasteiger partial charge in [0.15, 0.2) is 0 Å². The molecule has 2 aromatic carbocycles. The average Bonchev–Trinajstić information content (AvgIpc) is 3.24. The summed E-state index contributed by atoms with van der Waals surface area (Å²) in [5.74, 6) is 0.617. The standard InChI is InChI=1S/C23H21N3O5S/c1-16-3-11-22(12-4-16)32(28,29)25-15-21-10-9-20(31-21)13-17(14-24)23(27)26-18-5-7-19(30-2)8-6-18/h3-13,25H,15H2,1-2H3,(H,26,27). The highest BCUT2D eigenvalue weighted by atomic mass is 32.2. The van der Waals surface area contributed by atoms with Gasteiger partial charge in [-0.25, -0.2) is 13.1 Å². The van der Waals surface area contributed by atoms with Crippen LogP contribution in [0.15, 0.2) is 75.5 Å². The van der Waals surface area contributed by atoms with Crippen LogP contribution in [0.25, 0.3) is 6.08 Å². The zero-order valence-electron chi connectivity index (χ0n) is 17.5. The predicted molar refractivity (Wildman–Crippen MR) is 119 cm³/mol. The molecule has 8 nitrogen and oxygen atoms in total. The van der Waals surface area contributed by atoms with Gasteiger partial charge in [0, 0.05) is 11.8 Å². The van der Waals surface area contributed by atoms with Crippen molar-refractivity contribution in [1.82, 2.24) is 4.72 Å². The average molecular weight is 452 g/mol. The number of anilines is 1. The van der Waals surface area contributed by atoms with Crippen molar-refractivity contribution in [2.75, 3.05) is 12.4 Å². The zero-order chi connectivity index (χ0) is 23.1. The molecule has 164 valence electrons. The third kappa shape index (κ3) is 5.85. The number of methoxy groups -OCH3 is 1. The molecule has 1 aromatic heterocycles. The van der Waals surface area contributed by atoms with Crippen molar-refractivity contribution in [2.45, 2.75) is 18.4 Å². The molecule has 0 bridgehead atoms. The number of hydrogen-bond donors (Lipinski definition) is 2. The fourth-order valence-electron chi connectivity index (χ4n) is 2.70. The Balaban J connectivity index is 1.65. The number of carbonyl (C=O) groups excluding carboxylic acids is 1. The molecule has 0 saturated heterocycles. The molecule has 3 aromatic rings. The number of ether oxygens (including phenoxy) is 1. The van der Waals surface area contributed by atoms with Crippen molar-refractivity contribution in [2.24, 2.45) is 0 Å². The minimum absolute atomic E-state index is 0.0794. The highest BCUT2D eigenvalue weighted by molar-refractivity contribution is 7.89. The molecule has 0 atom stereocenters. The number of carbonyl (C=O) groups is 1.